The quantitative estimate of drug-likeness (QED) is 0.900. The van der Waals surface area contributed by atoms with Crippen LogP contribution < -0.4 is 5.32 Å². The van der Waals surface area contributed by atoms with Crippen molar-refractivity contribution in [2.75, 3.05) is 0 Å². The normalized spacial score (nSPS) is 11.1. The Bertz CT molecular complexity index is 578. The van der Waals surface area contributed by atoms with Crippen LogP contribution in [0.4, 0.5) is 0 Å². The number of amides is 1. The molecule has 0 unspecified atom stereocenters. The highest BCUT2D eigenvalue weighted by molar-refractivity contribution is 6.33. The molecule has 0 radical (unpaired) electrons. The van der Waals surface area contributed by atoms with Crippen molar-refractivity contribution in [2.45, 2.75) is 19.4 Å². The van der Waals surface area contributed by atoms with Gasteiger partial charge in [-0.3, -0.25) is 4.79 Å². The predicted molar refractivity (Wildman–Crippen MR) is 78.4 cm³/mol. The summed E-state index contributed by atoms with van der Waals surface area (Å²) in [5, 5.41) is 3.47. The van der Waals surface area contributed by atoms with Gasteiger partial charge in [-0.25, -0.2) is 0 Å². The number of carbonyl (C=O) groups is 1. The number of carbonyl (C=O) groups excluding carboxylic acids is 1. The lowest BCUT2D eigenvalue weighted by atomic mass is 9.94. The molecular weight excluding hydrogens is 258 g/mol. The minimum atomic E-state index is -0.447. The molecule has 0 saturated carbocycles. The summed E-state index contributed by atoms with van der Waals surface area (Å²) in [6.45, 7) is 3.94. The van der Waals surface area contributed by atoms with Gasteiger partial charge >= 0.3 is 0 Å². The third-order valence-corrected chi connectivity index (χ3v) is 3.37. The van der Waals surface area contributed by atoms with E-state index in [-0.39, 0.29) is 5.91 Å². The number of rotatable bonds is 3. The van der Waals surface area contributed by atoms with E-state index in [0.29, 0.717) is 10.6 Å². The van der Waals surface area contributed by atoms with Crippen molar-refractivity contribution in [3.63, 3.8) is 0 Å². The Kier molecular flexibility index (Phi) is 3.91. The fraction of sp³-hybridized carbons (Fsp3) is 0.188. The molecule has 0 heterocycles. The predicted octanol–water partition coefficient (Wildman–Crippen LogP) is 4.01. The van der Waals surface area contributed by atoms with Gasteiger partial charge in [0, 0.05) is 0 Å². The zero-order valence-corrected chi connectivity index (χ0v) is 11.7. The average Bonchev–Trinajstić information content (AvgIpc) is 2.39. The fourth-order valence-corrected chi connectivity index (χ4v) is 2.15. The van der Waals surface area contributed by atoms with E-state index in [1.54, 1.807) is 24.3 Å². The smallest absolute Gasteiger partial charge is 0.253 e. The maximum Gasteiger partial charge on any atom is 0.253 e. The van der Waals surface area contributed by atoms with Gasteiger partial charge in [-0.05, 0) is 31.5 Å². The van der Waals surface area contributed by atoms with Crippen LogP contribution in [0.2, 0.25) is 5.02 Å². The largest absolute Gasteiger partial charge is 0.343 e. The van der Waals surface area contributed by atoms with E-state index < -0.39 is 5.54 Å². The van der Waals surface area contributed by atoms with Gasteiger partial charge in [0.25, 0.3) is 5.91 Å². The Labute approximate surface area is 118 Å². The molecule has 2 rings (SSSR count). The van der Waals surface area contributed by atoms with Crippen LogP contribution >= 0.6 is 11.6 Å². The molecule has 1 amide bonds. The van der Waals surface area contributed by atoms with Gasteiger partial charge in [-0.2, -0.15) is 0 Å². The van der Waals surface area contributed by atoms with Gasteiger partial charge in [0.2, 0.25) is 0 Å². The van der Waals surface area contributed by atoms with Crippen molar-refractivity contribution in [3.8, 4) is 0 Å². The second-order valence-electron chi connectivity index (χ2n) is 4.92. The molecule has 3 heteroatoms. The van der Waals surface area contributed by atoms with Crippen molar-refractivity contribution in [1.82, 2.24) is 5.32 Å². The van der Waals surface area contributed by atoms with Crippen molar-refractivity contribution >= 4 is 17.5 Å². The van der Waals surface area contributed by atoms with Crippen LogP contribution in [-0.4, -0.2) is 5.91 Å². The Morgan fingerprint density at radius 1 is 1.00 bits per heavy atom. The van der Waals surface area contributed by atoms with Gasteiger partial charge in [0.05, 0.1) is 16.1 Å². The number of halogens is 1. The highest BCUT2D eigenvalue weighted by Crippen LogP contribution is 2.22. The van der Waals surface area contributed by atoms with Gasteiger partial charge in [-0.15, -0.1) is 0 Å². The second-order valence-corrected chi connectivity index (χ2v) is 5.33. The first-order valence-electron chi connectivity index (χ1n) is 6.13. The number of nitrogens with one attached hydrogen (secondary N) is 1. The van der Waals surface area contributed by atoms with Crippen LogP contribution in [0.3, 0.4) is 0 Å². The lowest BCUT2D eigenvalue weighted by Crippen LogP contribution is -2.41. The maximum atomic E-state index is 12.3. The minimum Gasteiger partial charge on any atom is -0.343 e. The van der Waals surface area contributed by atoms with Crippen LogP contribution in [0.1, 0.15) is 29.8 Å². The van der Waals surface area contributed by atoms with Crippen molar-refractivity contribution in [2.24, 2.45) is 0 Å². The first-order valence-corrected chi connectivity index (χ1v) is 6.51. The third-order valence-electron chi connectivity index (χ3n) is 3.04. The van der Waals surface area contributed by atoms with E-state index >= 15 is 0 Å². The number of hydrogen-bond donors (Lipinski definition) is 1. The summed E-state index contributed by atoms with van der Waals surface area (Å²) in [7, 11) is 0. The molecule has 0 fully saturated rings. The van der Waals surface area contributed by atoms with E-state index in [1.807, 2.05) is 44.2 Å². The molecule has 1 N–H and O–H groups in total. The number of hydrogen-bond acceptors (Lipinski definition) is 1. The molecule has 0 aliphatic carbocycles. The number of benzene rings is 2. The van der Waals surface area contributed by atoms with Gasteiger partial charge < -0.3 is 5.32 Å². The summed E-state index contributed by atoms with van der Waals surface area (Å²) in [5.41, 5.74) is 1.10. The topological polar surface area (TPSA) is 29.1 Å². The van der Waals surface area contributed by atoms with E-state index in [9.17, 15) is 4.79 Å². The van der Waals surface area contributed by atoms with Crippen molar-refractivity contribution < 1.29 is 4.79 Å². The Hall–Kier alpha value is -1.80. The first-order chi connectivity index (χ1) is 9.00. The molecule has 19 heavy (non-hydrogen) atoms. The standard InChI is InChI=1S/C16H16ClNO/c1-16(2,12-8-4-3-5-9-12)18-15(19)13-10-6-7-11-14(13)17/h3-11H,1-2H3,(H,18,19). The summed E-state index contributed by atoms with van der Waals surface area (Å²) < 4.78 is 0. The molecule has 0 aromatic heterocycles. The monoisotopic (exact) mass is 273 g/mol. The Morgan fingerprint density at radius 3 is 2.21 bits per heavy atom. The minimum absolute atomic E-state index is 0.167. The summed E-state index contributed by atoms with van der Waals surface area (Å²) in [4.78, 5) is 12.3. The van der Waals surface area contributed by atoms with Crippen LogP contribution in [-0.2, 0) is 5.54 Å². The first kappa shape index (κ1) is 13.6. The van der Waals surface area contributed by atoms with Crippen molar-refractivity contribution in [1.29, 1.82) is 0 Å². The molecule has 0 spiro atoms. The van der Waals surface area contributed by atoms with Crippen molar-refractivity contribution in [3.05, 3.63) is 70.7 Å². The molecule has 0 aliphatic rings. The zero-order valence-electron chi connectivity index (χ0n) is 11.0. The van der Waals surface area contributed by atoms with Crippen LogP contribution in [0, 0.1) is 0 Å². The van der Waals surface area contributed by atoms with E-state index in [1.165, 1.54) is 0 Å². The van der Waals surface area contributed by atoms with Gasteiger partial charge in [-0.1, -0.05) is 54.1 Å². The van der Waals surface area contributed by atoms with Gasteiger partial charge in [0.1, 0.15) is 0 Å². The molecule has 2 aromatic rings. The molecule has 98 valence electrons. The highest BCUT2D eigenvalue weighted by Gasteiger charge is 2.23. The summed E-state index contributed by atoms with van der Waals surface area (Å²) >= 11 is 6.03. The highest BCUT2D eigenvalue weighted by atomic mass is 35.5. The summed E-state index contributed by atoms with van der Waals surface area (Å²) in [6.07, 6.45) is 0. The molecule has 0 bridgehead atoms. The Morgan fingerprint density at radius 2 is 1.58 bits per heavy atom. The molecule has 0 aliphatic heterocycles. The summed E-state index contributed by atoms with van der Waals surface area (Å²) in [5.74, 6) is -0.167. The lowest BCUT2D eigenvalue weighted by Gasteiger charge is -2.27. The van der Waals surface area contributed by atoms with E-state index in [4.69, 9.17) is 11.6 Å². The van der Waals surface area contributed by atoms with Crippen LogP contribution in [0.25, 0.3) is 0 Å². The second kappa shape index (κ2) is 5.45. The fourth-order valence-electron chi connectivity index (χ4n) is 1.92. The van der Waals surface area contributed by atoms with Crippen LogP contribution in [0.15, 0.2) is 54.6 Å². The zero-order chi connectivity index (χ0) is 13.9. The average molecular weight is 274 g/mol. The Balaban J connectivity index is 2.22. The lowest BCUT2D eigenvalue weighted by molar-refractivity contribution is 0.0912. The van der Waals surface area contributed by atoms with E-state index in [2.05, 4.69) is 5.32 Å². The molecule has 2 aromatic carbocycles. The summed E-state index contributed by atoms with van der Waals surface area (Å²) in [6, 6.07) is 16.9. The SMILES string of the molecule is CC(C)(NC(=O)c1ccccc1Cl)c1ccccc1. The molecule has 0 saturated heterocycles. The molecular formula is C16H16ClNO. The maximum absolute atomic E-state index is 12.3. The molecule has 0 atom stereocenters. The van der Waals surface area contributed by atoms with E-state index in [0.717, 1.165) is 5.56 Å². The molecule has 2 nitrogen and oxygen atoms in total. The van der Waals surface area contributed by atoms with Crippen LogP contribution in [0.5, 0.6) is 0 Å². The third kappa shape index (κ3) is 3.15. The van der Waals surface area contributed by atoms with Gasteiger partial charge in [0.15, 0.2) is 0 Å².